The number of carbonyl (C=O) groups excluding carboxylic acids is 4. The number of benzene rings is 3. The summed E-state index contributed by atoms with van der Waals surface area (Å²) in [4.78, 5) is 52.9. The van der Waals surface area contributed by atoms with Crippen molar-refractivity contribution in [2.75, 3.05) is 7.11 Å². The van der Waals surface area contributed by atoms with E-state index >= 15 is 0 Å². The summed E-state index contributed by atoms with van der Waals surface area (Å²) >= 11 is 0. The molecule has 2 aliphatic heterocycles. The Labute approximate surface area is 224 Å². The number of cyclic esters (lactones) is 2. The number of aromatic hydroxyl groups is 3. The molecule has 7 rings (SSSR count). The van der Waals surface area contributed by atoms with E-state index in [1.54, 1.807) is 13.8 Å². The summed E-state index contributed by atoms with van der Waals surface area (Å²) in [6, 6.07) is 2.88. The smallest absolute Gasteiger partial charge is 0.342 e. The number of carbonyl (C=O) groups is 4. The van der Waals surface area contributed by atoms with Crippen LogP contribution in [-0.4, -0.2) is 58.1 Å². The van der Waals surface area contributed by atoms with Gasteiger partial charge in [0, 0.05) is 23.8 Å². The number of rotatable bonds is 1. The van der Waals surface area contributed by atoms with Gasteiger partial charge in [0.2, 0.25) is 11.6 Å². The van der Waals surface area contributed by atoms with Gasteiger partial charge < -0.3 is 33.9 Å². The molecule has 1 unspecified atom stereocenters. The summed E-state index contributed by atoms with van der Waals surface area (Å²) in [5.41, 5.74) is -0.649. The Morgan fingerprint density at radius 3 is 1.98 bits per heavy atom. The fraction of sp³-hybridized carbons (Fsp3) is 0.241. The highest BCUT2D eigenvalue weighted by Crippen LogP contribution is 2.52. The van der Waals surface area contributed by atoms with Crippen LogP contribution < -0.4 is 4.74 Å². The summed E-state index contributed by atoms with van der Waals surface area (Å²) in [6.07, 6.45) is -0.476. The van der Waals surface area contributed by atoms with Crippen molar-refractivity contribution in [1.29, 1.82) is 0 Å². The molecule has 0 bridgehead atoms. The van der Waals surface area contributed by atoms with E-state index in [-0.39, 0.29) is 62.6 Å². The van der Waals surface area contributed by atoms with Gasteiger partial charge in [0.15, 0.2) is 22.8 Å². The molecule has 3 aliphatic rings. The minimum absolute atomic E-state index is 0.0704. The zero-order valence-corrected chi connectivity index (χ0v) is 21.3. The molecule has 202 valence electrons. The molecule has 1 aromatic heterocycles. The van der Waals surface area contributed by atoms with Crippen LogP contribution in [0.2, 0.25) is 0 Å². The molecule has 11 heteroatoms. The summed E-state index contributed by atoms with van der Waals surface area (Å²) in [5.74, 6) is -5.55. The number of hydrogen-bond acceptors (Lipinski definition) is 11. The van der Waals surface area contributed by atoms with Gasteiger partial charge in [-0.25, -0.2) is 9.59 Å². The topological polar surface area (TPSA) is 170 Å². The normalized spacial score (nSPS) is 19.6. The molecule has 0 spiro atoms. The van der Waals surface area contributed by atoms with Gasteiger partial charge in [0.25, 0.3) is 0 Å². The first-order valence-electron chi connectivity index (χ1n) is 12.5. The van der Waals surface area contributed by atoms with Crippen LogP contribution in [0.5, 0.6) is 23.0 Å². The lowest BCUT2D eigenvalue weighted by molar-refractivity contribution is 0.0286. The van der Waals surface area contributed by atoms with Gasteiger partial charge in [-0.2, -0.15) is 0 Å². The van der Waals surface area contributed by atoms with Crippen molar-refractivity contribution < 1.29 is 53.1 Å². The predicted molar refractivity (Wildman–Crippen MR) is 136 cm³/mol. The van der Waals surface area contributed by atoms with Gasteiger partial charge in [-0.15, -0.1) is 0 Å². The van der Waals surface area contributed by atoms with Gasteiger partial charge in [-0.05, 0) is 37.1 Å². The fourth-order valence-electron chi connectivity index (χ4n) is 6.12. The van der Waals surface area contributed by atoms with E-state index in [1.807, 2.05) is 0 Å². The summed E-state index contributed by atoms with van der Waals surface area (Å²) in [7, 11) is 1.24. The Morgan fingerprint density at radius 2 is 1.35 bits per heavy atom. The van der Waals surface area contributed by atoms with Gasteiger partial charge in [0.1, 0.15) is 34.8 Å². The van der Waals surface area contributed by atoms with Crippen LogP contribution in [0.25, 0.3) is 21.7 Å². The summed E-state index contributed by atoms with van der Waals surface area (Å²) in [6.45, 7) is 3.35. The van der Waals surface area contributed by atoms with E-state index in [4.69, 9.17) is 18.6 Å². The molecule has 3 aromatic carbocycles. The zero-order valence-electron chi connectivity index (χ0n) is 21.3. The SMILES string of the molecule is COc1c(O)c2cc3c(c(O)c2c2oc4c(c12)C(=O)c1c(cc2c(c1O)C(=O)OC(C)C2)C4=O)C(=O)O[C@@H](C)C3. The van der Waals surface area contributed by atoms with Crippen LogP contribution in [0, 0.1) is 0 Å². The van der Waals surface area contributed by atoms with Gasteiger partial charge in [-0.3, -0.25) is 9.59 Å². The molecular formula is C29H20O11. The van der Waals surface area contributed by atoms with Crippen LogP contribution in [0.3, 0.4) is 0 Å². The monoisotopic (exact) mass is 544 g/mol. The number of methoxy groups -OCH3 is 1. The Morgan fingerprint density at radius 1 is 0.750 bits per heavy atom. The lowest BCUT2D eigenvalue weighted by Gasteiger charge is -2.25. The first-order chi connectivity index (χ1) is 19.0. The lowest BCUT2D eigenvalue weighted by atomic mass is 9.82. The highest BCUT2D eigenvalue weighted by molar-refractivity contribution is 6.35. The first kappa shape index (κ1) is 24.0. The number of phenolic OH excluding ortho intramolecular Hbond substituents is 3. The van der Waals surface area contributed by atoms with E-state index < -0.39 is 64.3 Å². The minimum atomic E-state index is -0.863. The third kappa shape index (κ3) is 2.83. The van der Waals surface area contributed by atoms with Crippen LogP contribution in [0.15, 0.2) is 16.5 Å². The molecule has 1 aliphatic carbocycles. The standard InChI is InChI=1S/C29H20O11/c1-8-4-10-6-12-16(22(32)14(10)28(35)38-8)24(34)18-19-25(40-27(18)21(12)31)17-13(20(30)26(19)37-3)7-11-5-9(2)39-29(36)15(11)23(17)33/h6-9,30,32-33H,4-5H2,1-3H3/t8?,9-/m0/s1. The van der Waals surface area contributed by atoms with Gasteiger partial charge >= 0.3 is 11.9 Å². The molecule has 0 saturated heterocycles. The Hall–Kier alpha value is -5.06. The molecular weight excluding hydrogens is 524 g/mol. The lowest BCUT2D eigenvalue weighted by Crippen LogP contribution is -2.28. The molecule has 0 radical (unpaired) electrons. The molecule has 0 fully saturated rings. The number of ether oxygens (including phenoxy) is 3. The summed E-state index contributed by atoms with van der Waals surface area (Å²) in [5, 5.41) is 33.4. The third-order valence-corrected chi connectivity index (χ3v) is 7.75. The van der Waals surface area contributed by atoms with E-state index in [0.717, 1.165) is 0 Å². The minimum Gasteiger partial charge on any atom is -0.506 e. The van der Waals surface area contributed by atoms with Crippen molar-refractivity contribution in [3.8, 4) is 23.0 Å². The number of phenols is 3. The van der Waals surface area contributed by atoms with Crippen LogP contribution in [0.1, 0.15) is 77.7 Å². The first-order valence-corrected chi connectivity index (χ1v) is 12.5. The second-order valence-electron chi connectivity index (χ2n) is 10.3. The summed E-state index contributed by atoms with van der Waals surface area (Å²) < 4.78 is 21.9. The molecule has 40 heavy (non-hydrogen) atoms. The molecule has 11 nitrogen and oxygen atoms in total. The average molecular weight is 544 g/mol. The number of ketones is 2. The van der Waals surface area contributed by atoms with Crippen molar-refractivity contribution in [3.63, 3.8) is 0 Å². The predicted octanol–water partition coefficient (Wildman–Crippen LogP) is 3.69. The van der Waals surface area contributed by atoms with Crippen molar-refractivity contribution in [2.45, 2.75) is 38.9 Å². The van der Waals surface area contributed by atoms with E-state index in [0.29, 0.717) is 11.1 Å². The third-order valence-electron chi connectivity index (χ3n) is 7.75. The van der Waals surface area contributed by atoms with Crippen LogP contribution in [-0.2, 0) is 22.3 Å². The average Bonchev–Trinajstić information content (AvgIpc) is 3.27. The second kappa shape index (κ2) is 7.75. The van der Waals surface area contributed by atoms with E-state index in [2.05, 4.69) is 0 Å². The fourth-order valence-corrected chi connectivity index (χ4v) is 6.12. The van der Waals surface area contributed by atoms with Crippen molar-refractivity contribution in [3.05, 3.63) is 56.8 Å². The van der Waals surface area contributed by atoms with E-state index in [9.17, 15) is 34.5 Å². The largest absolute Gasteiger partial charge is 0.506 e. The van der Waals surface area contributed by atoms with Gasteiger partial charge in [-0.1, -0.05) is 0 Å². The maximum absolute atomic E-state index is 13.9. The maximum atomic E-state index is 13.9. The number of furan rings is 1. The highest BCUT2D eigenvalue weighted by atomic mass is 16.5. The molecule has 2 atom stereocenters. The van der Waals surface area contributed by atoms with Gasteiger partial charge in [0.05, 0.1) is 29.0 Å². The quantitative estimate of drug-likeness (QED) is 0.263. The number of hydrogen-bond donors (Lipinski definition) is 3. The Bertz CT molecular complexity index is 1930. The van der Waals surface area contributed by atoms with Crippen molar-refractivity contribution in [2.24, 2.45) is 0 Å². The number of fused-ring (bicyclic) bond motifs is 8. The second-order valence-corrected chi connectivity index (χ2v) is 10.3. The van der Waals surface area contributed by atoms with Crippen LogP contribution >= 0.6 is 0 Å². The van der Waals surface area contributed by atoms with Crippen molar-refractivity contribution in [1.82, 2.24) is 0 Å². The molecule has 0 amide bonds. The maximum Gasteiger partial charge on any atom is 0.342 e. The molecule has 3 N–H and O–H groups in total. The molecule has 4 aromatic rings. The Kier molecular flexibility index (Phi) is 4.65. The van der Waals surface area contributed by atoms with Crippen molar-refractivity contribution >= 4 is 45.2 Å². The zero-order chi connectivity index (χ0) is 28.4. The molecule has 0 saturated carbocycles. The highest BCUT2D eigenvalue weighted by Gasteiger charge is 2.43. The number of esters is 2. The molecule has 3 heterocycles. The van der Waals surface area contributed by atoms with E-state index in [1.165, 1.54) is 19.2 Å². The Balaban J connectivity index is 1.58. The van der Waals surface area contributed by atoms with Crippen LogP contribution in [0.4, 0.5) is 0 Å².